The van der Waals surface area contributed by atoms with Crippen molar-refractivity contribution in [3.63, 3.8) is 0 Å². The largest absolute Gasteiger partial charge is 0.483 e. The van der Waals surface area contributed by atoms with Crippen LogP contribution in [-0.4, -0.2) is 56.3 Å². The number of aromatic nitrogens is 1. The summed E-state index contributed by atoms with van der Waals surface area (Å²) in [6.07, 6.45) is 1.60. The molecule has 0 spiro atoms. The van der Waals surface area contributed by atoms with E-state index in [0.29, 0.717) is 24.1 Å². The molecule has 3 aromatic rings. The number of carbonyl (C=O) groups is 2. The summed E-state index contributed by atoms with van der Waals surface area (Å²) < 4.78 is 48.8. The second-order valence-electron chi connectivity index (χ2n) is 10.4. The Bertz CT molecular complexity index is 1540. The van der Waals surface area contributed by atoms with Gasteiger partial charge in [0.2, 0.25) is 5.43 Å². The normalized spacial score (nSPS) is 21.7. The number of hydrogen-bond acceptors (Lipinski definition) is 6. The summed E-state index contributed by atoms with van der Waals surface area (Å²) >= 11 is 0. The maximum Gasteiger partial charge on any atom is 0.274 e. The van der Waals surface area contributed by atoms with Gasteiger partial charge in [-0.25, -0.2) is 13.2 Å². The van der Waals surface area contributed by atoms with Crippen molar-refractivity contribution in [1.29, 1.82) is 0 Å². The lowest BCUT2D eigenvalue weighted by atomic mass is 9.89. The zero-order valence-corrected chi connectivity index (χ0v) is 22.1. The number of hydrogen-bond donors (Lipinski definition) is 3. The number of nitrogens with zero attached hydrogens (tertiary/aromatic N) is 2. The molecule has 1 fully saturated rings. The van der Waals surface area contributed by atoms with E-state index in [1.165, 1.54) is 9.47 Å². The van der Waals surface area contributed by atoms with E-state index in [1.807, 2.05) is 0 Å². The maximum atomic E-state index is 14.2. The minimum absolute atomic E-state index is 0.00187. The van der Waals surface area contributed by atoms with Gasteiger partial charge in [0, 0.05) is 43.0 Å². The molecule has 0 unspecified atom stereocenters. The van der Waals surface area contributed by atoms with Gasteiger partial charge in [0.25, 0.3) is 11.8 Å². The number of pyridine rings is 1. The Hall–Kier alpha value is -4.16. The first-order valence-corrected chi connectivity index (χ1v) is 13.1. The van der Waals surface area contributed by atoms with Gasteiger partial charge in [-0.1, -0.05) is 30.3 Å². The molecule has 0 saturated carbocycles. The molecular formula is C29H28F3N3O6. The number of amides is 2. The molecule has 2 bridgehead atoms. The summed E-state index contributed by atoms with van der Waals surface area (Å²) in [7, 11) is 0. The second-order valence-corrected chi connectivity index (χ2v) is 10.4. The molecule has 1 aromatic heterocycles. The summed E-state index contributed by atoms with van der Waals surface area (Å²) in [5.74, 6) is -5.59. The van der Waals surface area contributed by atoms with E-state index < -0.39 is 76.4 Å². The number of rotatable bonds is 7. The molecule has 3 heterocycles. The van der Waals surface area contributed by atoms with Crippen LogP contribution in [0.15, 0.2) is 53.5 Å². The van der Waals surface area contributed by atoms with Crippen LogP contribution in [0.25, 0.3) is 0 Å². The molecule has 12 heteroatoms. The van der Waals surface area contributed by atoms with Crippen molar-refractivity contribution in [2.24, 2.45) is 0 Å². The Morgan fingerprint density at radius 3 is 2.49 bits per heavy atom. The molecule has 5 rings (SSSR count). The van der Waals surface area contributed by atoms with Crippen LogP contribution >= 0.6 is 0 Å². The number of halogens is 3. The third-order valence-electron chi connectivity index (χ3n) is 7.78. The Morgan fingerprint density at radius 1 is 1.15 bits per heavy atom. The minimum Gasteiger partial charge on any atom is -0.483 e. The molecule has 2 aliphatic rings. The highest BCUT2D eigenvalue weighted by Gasteiger charge is 2.49. The summed E-state index contributed by atoms with van der Waals surface area (Å²) in [6, 6.07) is 8.45. The van der Waals surface area contributed by atoms with E-state index in [1.54, 1.807) is 37.3 Å². The minimum atomic E-state index is -1.70. The highest BCUT2D eigenvalue weighted by molar-refractivity contribution is 5.99. The predicted octanol–water partition coefficient (Wildman–Crippen LogP) is 2.68. The zero-order valence-electron chi connectivity index (χ0n) is 22.1. The van der Waals surface area contributed by atoms with E-state index in [2.05, 4.69) is 5.32 Å². The topological polar surface area (TPSA) is 121 Å². The van der Waals surface area contributed by atoms with Crippen molar-refractivity contribution in [1.82, 2.24) is 14.8 Å². The van der Waals surface area contributed by atoms with Crippen molar-refractivity contribution >= 4 is 11.8 Å². The van der Waals surface area contributed by atoms with Crippen molar-refractivity contribution in [3.05, 3.63) is 98.7 Å². The Labute approximate surface area is 232 Å². The van der Waals surface area contributed by atoms with Crippen molar-refractivity contribution in [2.75, 3.05) is 13.2 Å². The van der Waals surface area contributed by atoms with E-state index in [-0.39, 0.29) is 31.3 Å². The van der Waals surface area contributed by atoms with Gasteiger partial charge < -0.3 is 29.7 Å². The number of fused-ring (bicyclic) bond motifs is 4. The Balaban J connectivity index is 1.60. The molecular weight excluding hydrogens is 543 g/mol. The monoisotopic (exact) mass is 571 g/mol. The number of carbonyl (C=O) groups excluding carboxylic acids is 2. The van der Waals surface area contributed by atoms with Gasteiger partial charge in [-0.3, -0.25) is 14.4 Å². The molecule has 3 atom stereocenters. The lowest BCUT2D eigenvalue weighted by Crippen LogP contribution is -2.53. The average molecular weight is 572 g/mol. The summed E-state index contributed by atoms with van der Waals surface area (Å²) in [5.41, 5.74) is -3.29. The summed E-state index contributed by atoms with van der Waals surface area (Å²) in [6.45, 7) is 0.317. The number of ether oxygens (including phenoxy) is 1. The molecule has 9 nitrogen and oxygen atoms in total. The molecule has 1 saturated heterocycles. The van der Waals surface area contributed by atoms with E-state index in [4.69, 9.17) is 4.74 Å². The molecule has 2 amide bonds. The molecule has 2 aromatic carbocycles. The molecule has 0 aliphatic carbocycles. The van der Waals surface area contributed by atoms with Crippen LogP contribution in [0, 0.1) is 17.5 Å². The van der Waals surface area contributed by atoms with Crippen LogP contribution in [0.4, 0.5) is 13.2 Å². The van der Waals surface area contributed by atoms with E-state index in [9.17, 15) is 37.8 Å². The van der Waals surface area contributed by atoms with Gasteiger partial charge in [-0.2, -0.15) is 0 Å². The summed E-state index contributed by atoms with van der Waals surface area (Å²) in [4.78, 5) is 42.1. The average Bonchev–Trinajstić information content (AvgIpc) is 3.06. The van der Waals surface area contributed by atoms with Crippen molar-refractivity contribution in [2.45, 2.75) is 50.6 Å². The van der Waals surface area contributed by atoms with Gasteiger partial charge >= 0.3 is 0 Å². The van der Waals surface area contributed by atoms with Gasteiger partial charge in [-0.15, -0.1) is 0 Å². The number of aliphatic hydroxyl groups excluding tert-OH is 1. The molecule has 216 valence electrons. The van der Waals surface area contributed by atoms with Crippen LogP contribution in [0.1, 0.15) is 57.8 Å². The van der Waals surface area contributed by atoms with Gasteiger partial charge in [0.1, 0.15) is 35.2 Å². The number of nitrogens with one attached hydrogen (secondary N) is 1. The lowest BCUT2D eigenvalue weighted by Gasteiger charge is -2.42. The number of aliphatic hydroxyl groups is 2. The fourth-order valence-corrected chi connectivity index (χ4v) is 5.36. The van der Waals surface area contributed by atoms with Crippen LogP contribution in [0.2, 0.25) is 0 Å². The second kappa shape index (κ2) is 11.0. The van der Waals surface area contributed by atoms with E-state index >= 15 is 0 Å². The third-order valence-corrected chi connectivity index (χ3v) is 7.78. The fraction of sp³-hybridized carbons (Fsp3) is 0.345. The molecule has 0 radical (unpaired) electrons. The molecule has 2 aliphatic heterocycles. The van der Waals surface area contributed by atoms with Gasteiger partial charge in [0.05, 0.1) is 12.6 Å². The SMILES string of the molecule is C[C@H]1CC[C@](O)(CO)[C@H]2CN1C(=O)c1c(OCc3ccccc3)c(=O)c(C(=O)NCc3c(F)cc(F)cc3F)cn12. The predicted molar refractivity (Wildman–Crippen MR) is 140 cm³/mol. The first-order valence-electron chi connectivity index (χ1n) is 13.1. The first kappa shape index (κ1) is 28.4. The zero-order chi connectivity index (χ0) is 29.5. The highest BCUT2D eigenvalue weighted by Crippen LogP contribution is 2.40. The van der Waals surface area contributed by atoms with Crippen molar-refractivity contribution < 1.29 is 37.7 Å². The lowest BCUT2D eigenvalue weighted by molar-refractivity contribution is -0.0636. The number of benzene rings is 2. The Morgan fingerprint density at radius 2 is 1.83 bits per heavy atom. The van der Waals surface area contributed by atoms with Gasteiger partial charge in [0.15, 0.2) is 11.4 Å². The quantitative estimate of drug-likeness (QED) is 0.401. The maximum absolute atomic E-state index is 14.2. The van der Waals surface area contributed by atoms with E-state index in [0.717, 1.165) is 6.20 Å². The third kappa shape index (κ3) is 5.20. The molecule has 3 N–H and O–H groups in total. The van der Waals surface area contributed by atoms with Crippen LogP contribution in [0.5, 0.6) is 5.75 Å². The smallest absolute Gasteiger partial charge is 0.274 e. The Kier molecular flexibility index (Phi) is 7.62. The van der Waals surface area contributed by atoms with Crippen LogP contribution < -0.4 is 15.5 Å². The van der Waals surface area contributed by atoms with Crippen LogP contribution in [-0.2, 0) is 13.2 Å². The molecule has 41 heavy (non-hydrogen) atoms. The van der Waals surface area contributed by atoms with Crippen molar-refractivity contribution in [3.8, 4) is 5.75 Å². The first-order chi connectivity index (χ1) is 19.5. The fourth-order valence-electron chi connectivity index (χ4n) is 5.36. The van der Waals surface area contributed by atoms with Crippen LogP contribution in [0.3, 0.4) is 0 Å². The highest BCUT2D eigenvalue weighted by atomic mass is 19.1. The van der Waals surface area contributed by atoms with Gasteiger partial charge in [-0.05, 0) is 25.3 Å². The summed E-state index contributed by atoms with van der Waals surface area (Å²) in [5, 5.41) is 23.8. The standard InChI is InChI=1S/C29H28F3N3O6/c1-16-7-8-29(40,15-36)23-13-34(16)28(39)24-26(41-14-17-5-3-2-4-6-17)25(37)20(12-35(23)24)27(38)33-11-19-21(31)9-18(30)10-22(19)32/h2-6,9-10,12,16,23,36,40H,7-8,11,13-15H2,1H3,(H,33,38)/t16-,23+,29-/m0/s1.